The number of alkyl halides is 1. The fourth-order valence-corrected chi connectivity index (χ4v) is 1.15. The molecule has 2 N–H and O–H groups in total. The number of alkyl carbamates (subject to hydrolysis) is 1. The third kappa shape index (κ3) is 7.57. The molecule has 1 atom stereocenters. The molecule has 0 heterocycles. The Hall–Kier alpha value is -1.30. The van der Waals surface area contributed by atoms with Crippen molar-refractivity contribution in [2.45, 2.75) is 38.8 Å². The highest BCUT2D eigenvalue weighted by atomic mass is 35.5. The van der Waals surface area contributed by atoms with Crippen molar-refractivity contribution in [1.29, 1.82) is 0 Å². The molecule has 0 aliphatic heterocycles. The molecule has 0 unspecified atom stereocenters. The Bertz CT molecular complexity index is 310. The zero-order valence-electron chi connectivity index (χ0n) is 9.95. The van der Waals surface area contributed by atoms with Gasteiger partial charge in [-0.05, 0) is 20.8 Å². The average molecular weight is 266 g/mol. The molecular weight excluding hydrogens is 250 g/mol. The molecule has 0 aromatic rings. The second kappa shape index (κ2) is 6.44. The summed E-state index contributed by atoms with van der Waals surface area (Å²) in [5.74, 6) is -2.14. The molecule has 0 aliphatic carbocycles. The molecule has 0 aromatic carbocycles. The maximum atomic E-state index is 11.3. The molecule has 98 valence electrons. The fraction of sp³-hybridized carbons (Fsp3) is 0.700. The van der Waals surface area contributed by atoms with Gasteiger partial charge in [-0.2, -0.15) is 0 Å². The Morgan fingerprint density at radius 1 is 1.35 bits per heavy atom. The molecule has 6 nitrogen and oxygen atoms in total. The first-order valence-electron chi connectivity index (χ1n) is 4.95. The second-order valence-electron chi connectivity index (χ2n) is 4.40. The summed E-state index contributed by atoms with van der Waals surface area (Å²) in [6, 6.07) is -1.17. The van der Waals surface area contributed by atoms with Crippen LogP contribution in [0.4, 0.5) is 4.79 Å². The summed E-state index contributed by atoms with van der Waals surface area (Å²) in [6.45, 7) is 4.96. The quantitative estimate of drug-likeness (QED) is 0.728. The third-order valence-electron chi connectivity index (χ3n) is 1.59. The van der Waals surface area contributed by atoms with Gasteiger partial charge in [0.05, 0.1) is 12.3 Å². The van der Waals surface area contributed by atoms with Crippen LogP contribution in [-0.2, 0) is 14.3 Å². The summed E-state index contributed by atoms with van der Waals surface area (Å²) in [6.07, 6.45) is -1.37. The van der Waals surface area contributed by atoms with E-state index in [2.05, 4.69) is 5.32 Å². The predicted molar refractivity (Wildman–Crippen MR) is 61.1 cm³/mol. The van der Waals surface area contributed by atoms with Gasteiger partial charge in [0.2, 0.25) is 0 Å². The molecule has 0 saturated heterocycles. The lowest BCUT2D eigenvalue weighted by atomic mass is 10.1. The van der Waals surface area contributed by atoms with Crippen molar-refractivity contribution in [3.8, 4) is 0 Å². The molecule has 7 heteroatoms. The molecule has 0 spiro atoms. The Kier molecular flexibility index (Phi) is 5.95. The van der Waals surface area contributed by atoms with Crippen LogP contribution >= 0.6 is 11.6 Å². The van der Waals surface area contributed by atoms with Crippen LogP contribution < -0.4 is 5.32 Å². The van der Waals surface area contributed by atoms with Crippen molar-refractivity contribution in [3.05, 3.63) is 0 Å². The Morgan fingerprint density at radius 3 is 2.24 bits per heavy atom. The molecule has 0 aromatic heterocycles. The van der Waals surface area contributed by atoms with Gasteiger partial charge in [0.1, 0.15) is 11.6 Å². The lowest BCUT2D eigenvalue weighted by Gasteiger charge is -2.22. The first-order chi connectivity index (χ1) is 7.65. The number of ketones is 1. The zero-order chi connectivity index (χ0) is 13.6. The lowest BCUT2D eigenvalue weighted by Crippen LogP contribution is -2.45. The van der Waals surface area contributed by atoms with Crippen LogP contribution in [0.1, 0.15) is 27.2 Å². The number of ether oxygens (including phenoxy) is 1. The molecule has 0 bridgehead atoms. The highest BCUT2D eigenvalue weighted by Gasteiger charge is 2.25. The number of Topliss-reactive ketones (excluding diaryl/α,β-unsaturated/α-hetero) is 1. The number of carbonyl (C=O) groups excluding carboxylic acids is 2. The Labute approximate surface area is 104 Å². The highest BCUT2D eigenvalue weighted by Crippen LogP contribution is 2.07. The van der Waals surface area contributed by atoms with Crippen molar-refractivity contribution in [1.82, 2.24) is 5.32 Å². The minimum absolute atomic E-state index is 0.367. The van der Waals surface area contributed by atoms with Gasteiger partial charge in [-0.25, -0.2) is 4.79 Å². The second-order valence-corrected chi connectivity index (χ2v) is 4.66. The normalized spacial score (nSPS) is 12.7. The number of carbonyl (C=O) groups is 3. The van der Waals surface area contributed by atoms with Gasteiger partial charge in [0, 0.05) is 0 Å². The molecule has 0 fully saturated rings. The fourth-order valence-electron chi connectivity index (χ4n) is 0.963. The van der Waals surface area contributed by atoms with Crippen LogP contribution in [0.2, 0.25) is 0 Å². The zero-order valence-corrected chi connectivity index (χ0v) is 10.7. The maximum absolute atomic E-state index is 11.3. The Balaban J connectivity index is 4.48. The molecule has 17 heavy (non-hydrogen) atoms. The molecule has 0 saturated carbocycles. The van der Waals surface area contributed by atoms with Crippen LogP contribution in [0.3, 0.4) is 0 Å². The number of halogens is 1. The van der Waals surface area contributed by atoms with Crippen LogP contribution in [-0.4, -0.2) is 40.5 Å². The first-order valence-corrected chi connectivity index (χ1v) is 5.49. The van der Waals surface area contributed by atoms with Crippen LogP contribution in [0.15, 0.2) is 0 Å². The largest absolute Gasteiger partial charge is 0.481 e. The third-order valence-corrected chi connectivity index (χ3v) is 1.85. The van der Waals surface area contributed by atoms with Crippen LogP contribution in [0, 0.1) is 0 Å². The lowest BCUT2D eigenvalue weighted by molar-refractivity contribution is -0.139. The van der Waals surface area contributed by atoms with E-state index in [1.54, 1.807) is 20.8 Å². The number of hydrogen-bond acceptors (Lipinski definition) is 4. The van der Waals surface area contributed by atoms with E-state index in [1.807, 2.05) is 0 Å². The van der Waals surface area contributed by atoms with Crippen molar-refractivity contribution in [3.63, 3.8) is 0 Å². The summed E-state index contributed by atoms with van der Waals surface area (Å²) < 4.78 is 4.91. The topological polar surface area (TPSA) is 92.7 Å². The minimum Gasteiger partial charge on any atom is -0.481 e. The molecule has 0 rings (SSSR count). The van der Waals surface area contributed by atoms with Crippen LogP contribution in [0.5, 0.6) is 0 Å². The van der Waals surface area contributed by atoms with E-state index in [0.717, 1.165) is 0 Å². The summed E-state index contributed by atoms with van der Waals surface area (Å²) in [5, 5.41) is 10.8. The number of amides is 1. The van der Waals surface area contributed by atoms with Gasteiger partial charge >= 0.3 is 12.1 Å². The highest BCUT2D eigenvalue weighted by molar-refractivity contribution is 6.28. The number of hydrogen-bond donors (Lipinski definition) is 2. The van der Waals surface area contributed by atoms with Crippen molar-refractivity contribution in [2.24, 2.45) is 0 Å². The van der Waals surface area contributed by atoms with E-state index in [0.29, 0.717) is 0 Å². The van der Waals surface area contributed by atoms with Gasteiger partial charge < -0.3 is 15.2 Å². The standard InChI is InChI=1S/C10H16ClNO5/c1-10(2,3)17-9(16)12-6(4-8(14)15)7(13)5-11/h6H,4-5H2,1-3H3,(H,12,16)(H,14,15)/t6-/m1/s1. The summed E-state index contributed by atoms with van der Waals surface area (Å²) in [5.41, 5.74) is -0.720. The van der Waals surface area contributed by atoms with E-state index < -0.39 is 35.9 Å². The van der Waals surface area contributed by atoms with E-state index in [-0.39, 0.29) is 5.88 Å². The molecule has 1 amide bonds. The summed E-state index contributed by atoms with van der Waals surface area (Å²) in [4.78, 5) is 33.1. The Morgan fingerprint density at radius 2 is 1.88 bits per heavy atom. The van der Waals surface area contributed by atoms with Gasteiger partial charge in [-0.1, -0.05) is 0 Å². The van der Waals surface area contributed by atoms with Gasteiger partial charge in [0.25, 0.3) is 0 Å². The molecule has 0 aliphatic rings. The van der Waals surface area contributed by atoms with Crippen molar-refractivity contribution >= 4 is 29.4 Å². The van der Waals surface area contributed by atoms with Gasteiger partial charge in [-0.3, -0.25) is 9.59 Å². The van der Waals surface area contributed by atoms with Crippen LogP contribution in [0.25, 0.3) is 0 Å². The average Bonchev–Trinajstić information content (AvgIpc) is 2.11. The van der Waals surface area contributed by atoms with E-state index >= 15 is 0 Å². The number of carboxylic acids is 1. The predicted octanol–water partition coefficient (Wildman–Crippen LogP) is 1.16. The maximum Gasteiger partial charge on any atom is 0.408 e. The summed E-state index contributed by atoms with van der Waals surface area (Å²) >= 11 is 5.31. The van der Waals surface area contributed by atoms with E-state index in [4.69, 9.17) is 21.4 Å². The number of carboxylic acid groups (broad SMARTS) is 1. The smallest absolute Gasteiger partial charge is 0.408 e. The first kappa shape index (κ1) is 15.7. The van der Waals surface area contributed by atoms with Gasteiger partial charge in [-0.15, -0.1) is 11.6 Å². The molecule has 0 radical (unpaired) electrons. The van der Waals surface area contributed by atoms with E-state index in [1.165, 1.54) is 0 Å². The number of aliphatic carboxylic acids is 1. The van der Waals surface area contributed by atoms with Crippen molar-refractivity contribution < 1.29 is 24.2 Å². The molecular formula is C10H16ClNO5. The van der Waals surface area contributed by atoms with Crippen molar-refractivity contribution in [2.75, 3.05) is 5.88 Å². The summed E-state index contributed by atoms with van der Waals surface area (Å²) in [7, 11) is 0. The van der Waals surface area contributed by atoms with Gasteiger partial charge in [0.15, 0.2) is 5.78 Å². The minimum atomic E-state index is -1.20. The number of rotatable bonds is 5. The number of nitrogens with one attached hydrogen (secondary N) is 1. The SMILES string of the molecule is CC(C)(C)OC(=O)N[C@H](CC(=O)O)C(=O)CCl. The monoisotopic (exact) mass is 265 g/mol. The van der Waals surface area contributed by atoms with E-state index in [9.17, 15) is 14.4 Å².